The van der Waals surface area contributed by atoms with Crippen LogP contribution in [0.15, 0.2) is 0 Å². The van der Waals surface area contributed by atoms with Crippen molar-refractivity contribution in [2.45, 2.75) is 51.7 Å². The summed E-state index contributed by atoms with van der Waals surface area (Å²) in [7, 11) is 0. The Balaban J connectivity index is 1.98. The fourth-order valence-corrected chi connectivity index (χ4v) is 3.25. The topological polar surface area (TPSA) is 70.1 Å². The summed E-state index contributed by atoms with van der Waals surface area (Å²) >= 11 is 0. The smallest absolute Gasteiger partial charge is 0.320 e. The second-order valence-corrected chi connectivity index (χ2v) is 6.19. The summed E-state index contributed by atoms with van der Waals surface area (Å²) in [5.74, 6) is -0.695. The van der Waals surface area contributed by atoms with Crippen LogP contribution < -0.4 is 0 Å². The van der Waals surface area contributed by atoms with Crippen LogP contribution in [0.2, 0.25) is 0 Å². The predicted molar refractivity (Wildman–Crippen MR) is 78.1 cm³/mol. The van der Waals surface area contributed by atoms with E-state index in [1.165, 1.54) is 0 Å². The molecule has 3 unspecified atom stereocenters. The molecule has 2 heterocycles. The van der Waals surface area contributed by atoms with Crippen LogP contribution in [0.25, 0.3) is 0 Å². The van der Waals surface area contributed by atoms with Gasteiger partial charge in [-0.15, -0.1) is 0 Å². The van der Waals surface area contributed by atoms with Gasteiger partial charge in [-0.05, 0) is 32.1 Å². The molecule has 2 aliphatic heterocycles. The van der Waals surface area contributed by atoms with Gasteiger partial charge in [0.05, 0.1) is 18.8 Å². The first-order valence-electron chi connectivity index (χ1n) is 7.90. The van der Waals surface area contributed by atoms with Crippen LogP contribution in [0.4, 0.5) is 4.79 Å². The molecule has 1 N–H and O–H groups in total. The van der Waals surface area contributed by atoms with E-state index in [0.717, 1.165) is 25.8 Å². The number of carbonyl (C=O) groups is 2. The van der Waals surface area contributed by atoms with E-state index in [9.17, 15) is 9.59 Å². The number of carboxylic acids is 1. The van der Waals surface area contributed by atoms with Gasteiger partial charge in [-0.1, -0.05) is 6.92 Å². The molecule has 21 heavy (non-hydrogen) atoms. The number of urea groups is 1. The Morgan fingerprint density at radius 3 is 2.76 bits per heavy atom. The first-order chi connectivity index (χ1) is 10.0. The van der Waals surface area contributed by atoms with E-state index in [1.807, 2.05) is 16.7 Å². The summed E-state index contributed by atoms with van der Waals surface area (Å²) in [6.45, 7) is 6.56. The third kappa shape index (κ3) is 4.09. The zero-order chi connectivity index (χ0) is 15.4. The highest BCUT2D eigenvalue weighted by molar-refractivity contribution is 5.75. The number of ether oxygens (including phenoxy) is 1. The van der Waals surface area contributed by atoms with E-state index < -0.39 is 5.97 Å². The van der Waals surface area contributed by atoms with Gasteiger partial charge < -0.3 is 19.6 Å². The van der Waals surface area contributed by atoms with Crippen LogP contribution in [-0.4, -0.2) is 65.3 Å². The van der Waals surface area contributed by atoms with Crippen LogP contribution in [-0.2, 0) is 9.53 Å². The number of morpholine rings is 1. The Hall–Kier alpha value is -1.30. The maximum atomic E-state index is 12.7. The maximum Gasteiger partial charge on any atom is 0.320 e. The fourth-order valence-electron chi connectivity index (χ4n) is 3.25. The number of hydrogen-bond acceptors (Lipinski definition) is 3. The Kier molecular flexibility index (Phi) is 5.45. The van der Waals surface area contributed by atoms with Crippen LogP contribution in [0.5, 0.6) is 0 Å². The maximum absolute atomic E-state index is 12.7. The summed E-state index contributed by atoms with van der Waals surface area (Å²) in [4.78, 5) is 27.4. The summed E-state index contributed by atoms with van der Waals surface area (Å²) in [5.41, 5.74) is 0. The van der Waals surface area contributed by atoms with Gasteiger partial charge in [-0.25, -0.2) is 4.79 Å². The largest absolute Gasteiger partial charge is 0.481 e. The first kappa shape index (κ1) is 16.1. The number of rotatable bonds is 3. The monoisotopic (exact) mass is 298 g/mol. The van der Waals surface area contributed by atoms with Gasteiger partial charge in [0.2, 0.25) is 0 Å². The lowest BCUT2D eigenvalue weighted by Gasteiger charge is -2.42. The minimum atomic E-state index is -0.777. The van der Waals surface area contributed by atoms with Crippen molar-refractivity contribution in [2.75, 3.05) is 26.2 Å². The molecule has 0 aromatic heterocycles. The van der Waals surface area contributed by atoms with Crippen molar-refractivity contribution in [1.29, 1.82) is 0 Å². The number of hydrogen-bond donors (Lipinski definition) is 1. The Bertz CT molecular complexity index is 388. The predicted octanol–water partition coefficient (Wildman–Crippen LogP) is 1.79. The van der Waals surface area contributed by atoms with Crippen molar-refractivity contribution in [1.82, 2.24) is 9.80 Å². The van der Waals surface area contributed by atoms with Crippen molar-refractivity contribution in [3.63, 3.8) is 0 Å². The van der Waals surface area contributed by atoms with Crippen molar-refractivity contribution < 1.29 is 19.4 Å². The lowest BCUT2D eigenvalue weighted by molar-refractivity contribution is -0.138. The molecule has 0 aromatic carbocycles. The molecular weight excluding hydrogens is 272 g/mol. The lowest BCUT2D eigenvalue weighted by Crippen LogP contribution is -2.57. The molecular formula is C15H26N2O4. The highest BCUT2D eigenvalue weighted by Crippen LogP contribution is 2.23. The van der Waals surface area contributed by atoms with Gasteiger partial charge in [-0.2, -0.15) is 0 Å². The number of nitrogens with zero attached hydrogens (tertiary/aromatic N) is 2. The zero-order valence-electron chi connectivity index (χ0n) is 13.0. The molecule has 3 atom stereocenters. The van der Waals surface area contributed by atoms with Gasteiger partial charge >= 0.3 is 12.0 Å². The molecule has 0 bridgehead atoms. The number of likely N-dealkylation sites (tertiary alicyclic amines) is 1. The summed E-state index contributed by atoms with van der Waals surface area (Å²) in [6, 6.07) is 0.181. The number of carbonyl (C=O) groups excluding carboxylic acids is 1. The normalized spacial score (nSPS) is 30.3. The van der Waals surface area contributed by atoms with Crippen molar-refractivity contribution in [3.05, 3.63) is 0 Å². The third-order valence-electron chi connectivity index (χ3n) is 4.44. The lowest BCUT2D eigenvalue weighted by atomic mass is 9.95. The third-order valence-corrected chi connectivity index (χ3v) is 4.44. The SMILES string of the molecule is CCC1COC(C)CN1C(=O)N1CCCC(CC(=O)O)C1. The molecule has 0 spiro atoms. The first-order valence-corrected chi connectivity index (χ1v) is 7.90. The van der Waals surface area contributed by atoms with Gasteiger partial charge in [-0.3, -0.25) is 4.79 Å². The standard InChI is InChI=1S/C15H26N2O4/c1-3-13-10-21-11(2)8-17(13)15(20)16-6-4-5-12(9-16)7-14(18)19/h11-13H,3-10H2,1-2H3,(H,18,19). The molecule has 0 saturated carbocycles. The highest BCUT2D eigenvalue weighted by atomic mass is 16.5. The zero-order valence-corrected chi connectivity index (χ0v) is 13.0. The second-order valence-electron chi connectivity index (χ2n) is 6.19. The average Bonchev–Trinajstić information content (AvgIpc) is 2.46. The Morgan fingerprint density at radius 2 is 2.10 bits per heavy atom. The number of piperidine rings is 1. The van der Waals surface area contributed by atoms with E-state index >= 15 is 0 Å². The molecule has 6 heteroatoms. The Labute approximate surface area is 126 Å². The molecule has 0 radical (unpaired) electrons. The van der Waals surface area contributed by atoms with E-state index in [2.05, 4.69) is 6.92 Å². The van der Waals surface area contributed by atoms with Crippen LogP contribution in [0.3, 0.4) is 0 Å². The van der Waals surface area contributed by atoms with Crippen LogP contribution in [0.1, 0.15) is 39.5 Å². The van der Waals surface area contributed by atoms with Gasteiger partial charge in [0, 0.05) is 26.1 Å². The van der Waals surface area contributed by atoms with Crippen LogP contribution in [0, 0.1) is 5.92 Å². The van der Waals surface area contributed by atoms with E-state index in [0.29, 0.717) is 19.7 Å². The van der Waals surface area contributed by atoms with Gasteiger partial charge in [0.1, 0.15) is 0 Å². The second kappa shape index (κ2) is 7.11. The van der Waals surface area contributed by atoms with Crippen molar-refractivity contribution in [3.8, 4) is 0 Å². The van der Waals surface area contributed by atoms with Crippen molar-refractivity contribution >= 4 is 12.0 Å². The molecule has 6 nitrogen and oxygen atoms in total. The van der Waals surface area contributed by atoms with Gasteiger partial charge in [0.25, 0.3) is 0 Å². The van der Waals surface area contributed by atoms with E-state index in [1.54, 1.807) is 0 Å². The molecule has 0 aromatic rings. The number of carboxylic acid groups (broad SMARTS) is 1. The average molecular weight is 298 g/mol. The summed E-state index contributed by atoms with van der Waals surface area (Å²) < 4.78 is 5.63. The molecule has 2 aliphatic rings. The minimum Gasteiger partial charge on any atom is -0.481 e. The quantitative estimate of drug-likeness (QED) is 0.862. The highest BCUT2D eigenvalue weighted by Gasteiger charge is 2.34. The number of aliphatic carboxylic acids is 1. The Morgan fingerprint density at radius 1 is 1.33 bits per heavy atom. The number of amides is 2. The molecule has 2 saturated heterocycles. The minimum absolute atomic E-state index is 0.0482. The van der Waals surface area contributed by atoms with Crippen LogP contribution >= 0.6 is 0 Å². The molecule has 2 fully saturated rings. The summed E-state index contributed by atoms with van der Waals surface area (Å²) in [6.07, 6.45) is 2.88. The van der Waals surface area contributed by atoms with E-state index in [-0.39, 0.29) is 30.5 Å². The van der Waals surface area contributed by atoms with Gasteiger partial charge in [0.15, 0.2) is 0 Å². The van der Waals surface area contributed by atoms with Crippen molar-refractivity contribution in [2.24, 2.45) is 5.92 Å². The fraction of sp³-hybridized carbons (Fsp3) is 0.867. The summed E-state index contributed by atoms with van der Waals surface area (Å²) in [5, 5.41) is 8.92. The molecule has 2 amide bonds. The van der Waals surface area contributed by atoms with E-state index in [4.69, 9.17) is 9.84 Å². The molecule has 120 valence electrons. The molecule has 2 rings (SSSR count). The molecule has 0 aliphatic carbocycles.